The van der Waals surface area contributed by atoms with Gasteiger partial charge in [0.15, 0.2) is 5.13 Å². The Kier molecular flexibility index (Phi) is 4.29. The Morgan fingerprint density at radius 2 is 1.92 bits per heavy atom. The predicted molar refractivity (Wildman–Crippen MR) is 98.1 cm³/mol. The molecular formula is C19H21N3O2S. The minimum atomic E-state index is -0.158. The highest BCUT2D eigenvalue weighted by Crippen LogP contribution is 2.39. The van der Waals surface area contributed by atoms with E-state index in [1.54, 1.807) is 0 Å². The molecule has 1 atom stereocenters. The quantitative estimate of drug-likeness (QED) is 0.918. The number of carbonyl (C=O) groups excluding carboxylic acids is 2. The van der Waals surface area contributed by atoms with Crippen molar-refractivity contribution in [3.8, 4) is 0 Å². The van der Waals surface area contributed by atoms with Gasteiger partial charge >= 0.3 is 0 Å². The van der Waals surface area contributed by atoms with E-state index in [9.17, 15) is 9.59 Å². The molecule has 5 nitrogen and oxygen atoms in total. The SMILES string of the molecule is Cc1ccc(C(=O)Nc2nc3c(s2)CCC3C(=O)N2CCCC2)cc1. The first-order chi connectivity index (χ1) is 12.1. The van der Waals surface area contributed by atoms with Crippen molar-refractivity contribution in [1.82, 2.24) is 9.88 Å². The smallest absolute Gasteiger partial charge is 0.257 e. The second-order valence-electron chi connectivity index (χ2n) is 6.77. The Morgan fingerprint density at radius 3 is 2.64 bits per heavy atom. The maximum absolute atomic E-state index is 12.7. The van der Waals surface area contributed by atoms with E-state index in [-0.39, 0.29) is 17.7 Å². The number of aromatic nitrogens is 1. The van der Waals surface area contributed by atoms with Crippen LogP contribution < -0.4 is 5.32 Å². The molecule has 1 saturated heterocycles. The van der Waals surface area contributed by atoms with Gasteiger partial charge < -0.3 is 4.90 Å². The van der Waals surface area contributed by atoms with Gasteiger partial charge in [-0.05, 0) is 44.7 Å². The van der Waals surface area contributed by atoms with E-state index >= 15 is 0 Å². The van der Waals surface area contributed by atoms with Gasteiger partial charge in [-0.2, -0.15) is 0 Å². The van der Waals surface area contributed by atoms with Crippen LogP contribution in [0.2, 0.25) is 0 Å². The largest absolute Gasteiger partial charge is 0.342 e. The molecule has 1 unspecified atom stereocenters. The number of fused-ring (bicyclic) bond motifs is 1. The van der Waals surface area contributed by atoms with Crippen LogP contribution in [0.4, 0.5) is 5.13 Å². The number of carbonyl (C=O) groups is 2. The lowest BCUT2D eigenvalue weighted by Gasteiger charge is -2.19. The molecule has 0 bridgehead atoms. The molecule has 0 spiro atoms. The number of likely N-dealkylation sites (tertiary alicyclic amines) is 1. The van der Waals surface area contributed by atoms with E-state index in [0.717, 1.165) is 54.9 Å². The van der Waals surface area contributed by atoms with Crippen LogP contribution >= 0.6 is 11.3 Å². The molecule has 2 aliphatic rings. The third-order valence-corrected chi connectivity index (χ3v) is 6.01. The van der Waals surface area contributed by atoms with Crippen LogP contribution in [0.3, 0.4) is 0 Å². The summed E-state index contributed by atoms with van der Waals surface area (Å²) in [4.78, 5) is 32.7. The minimum Gasteiger partial charge on any atom is -0.342 e. The Morgan fingerprint density at radius 1 is 1.20 bits per heavy atom. The first-order valence-electron chi connectivity index (χ1n) is 8.78. The number of thiazole rings is 1. The molecule has 0 radical (unpaired) electrons. The molecule has 1 aromatic heterocycles. The second kappa shape index (κ2) is 6.59. The molecule has 1 aromatic carbocycles. The van der Waals surface area contributed by atoms with Gasteiger partial charge in [-0.3, -0.25) is 14.9 Å². The second-order valence-corrected chi connectivity index (χ2v) is 7.85. The van der Waals surface area contributed by atoms with E-state index in [1.165, 1.54) is 11.3 Å². The Labute approximate surface area is 151 Å². The molecule has 2 amide bonds. The monoisotopic (exact) mass is 355 g/mol. The fourth-order valence-corrected chi connectivity index (χ4v) is 4.59. The van der Waals surface area contributed by atoms with Gasteiger partial charge in [0.25, 0.3) is 5.91 Å². The Balaban J connectivity index is 1.48. The van der Waals surface area contributed by atoms with Crippen molar-refractivity contribution in [2.75, 3.05) is 18.4 Å². The third-order valence-electron chi connectivity index (χ3n) is 4.97. The van der Waals surface area contributed by atoms with Gasteiger partial charge in [-0.15, -0.1) is 11.3 Å². The first-order valence-corrected chi connectivity index (χ1v) is 9.60. The summed E-state index contributed by atoms with van der Waals surface area (Å²) in [5, 5.41) is 3.47. The van der Waals surface area contributed by atoms with E-state index in [2.05, 4.69) is 10.3 Å². The van der Waals surface area contributed by atoms with Crippen molar-refractivity contribution in [2.24, 2.45) is 0 Å². The van der Waals surface area contributed by atoms with Crippen molar-refractivity contribution in [3.05, 3.63) is 46.0 Å². The summed E-state index contributed by atoms with van der Waals surface area (Å²) < 4.78 is 0. The van der Waals surface area contributed by atoms with E-state index in [4.69, 9.17) is 0 Å². The zero-order valence-corrected chi connectivity index (χ0v) is 15.1. The van der Waals surface area contributed by atoms with Gasteiger partial charge in [-0.1, -0.05) is 17.7 Å². The molecule has 130 valence electrons. The number of hydrogen-bond donors (Lipinski definition) is 1. The van der Waals surface area contributed by atoms with Crippen LogP contribution in [-0.4, -0.2) is 34.8 Å². The van der Waals surface area contributed by atoms with Crippen molar-refractivity contribution >= 4 is 28.3 Å². The van der Waals surface area contributed by atoms with E-state index in [0.29, 0.717) is 10.7 Å². The number of nitrogens with zero attached hydrogens (tertiary/aromatic N) is 2. The minimum absolute atomic E-state index is 0.130. The zero-order valence-electron chi connectivity index (χ0n) is 14.2. The molecule has 1 aliphatic carbocycles. The summed E-state index contributed by atoms with van der Waals surface area (Å²) in [6.45, 7) is 3.72. The zero-order chi connectivity index (χ0) is 17.4. The summed E-state index contributed by atoms with van der Waals surface area (Å²) in [6.07, 6.45) is 3.91. The highest BCUT2D eigenvalue weighted by molar-refractivity contribution is 7.16. The van der Waals surface area contributed by atoms with Crippen LogP contribution in [-0.2, 0) is 11.2 Å². The molecule has 0 saturated carbocycles. The molecule has 6 heteroatoms. The van der Waals surface area contributed by atoms with Gasteiger partial charge in [0, 0.05) is 23.5 Å². The highest BCUT2D eigenvalue weighted by atomic mass is 32.1. The number of amides is 2. The van der Waals surface area contributed by atoms with Crippen LogP contribution in [0, 0.1) is 6.92 Å². The maximum atomic E-state index is 12.7. The first kappa shape index (κ1) is 16.3. The topological polar surface area (TPSA) is 62.3 Å². The van der Waals surface area contributed by atoms with Crippen LogP contribution in [0.5, 0.6) is 0 Å². The van der Waals surface area contributed by atoms with Gasteiger partial charge in [0.2, 0.25) is 5.91 Å². The number of aryl methyl sites for hydroxylation is 2. The van der Waals surface area contributed by atoms with Gasteiger partial charge in [0.05, 0.1) is 11.6 Å². The highest BCUT2D eigenvalue weighted by Gasteiger charge is 2.36. The maximum Gasteiger partial charge on any atom is 0.257 e. The third kappa shape index (κ3) is 3.18. The predicted octanol–water partition coefficient (Wildman–Crippen LogP) is 3.36. The number of nitrogens with one attached hydrogen (secondary N) is 1. The lowest BCUT2D eigenvalue weighted by Crippen LogP contribution is -2.32. The lowest BCUT2D eigenvalue weighted by atomic mass is 10.1. The fraction of sp³-hybridized carbons (Fsp3) is 0.421. The normalized spacial score (nSPS) is 19.1. The molecular weight excluding hydrogens is 334 g/mol. The standard InChI is InChI=1S/C19H21N3O2S/c1-12-4-6-13(7-5-12)17(23)21-19-20-16-14(8-9-15(16)25-19)18(24)22-10-2-3-11-22/h4-7,14H,2-3,8-11H2,1H3,(H,20,21,23). The van der Waals surface area contributed by atoms with Crippen LogP contribution in [0.25, 0.3) is 0 Å². The Bertz CT molecular complexity index is 807. The van der Waals surface area contributed by atoms with Gasteiger partial charge in [-0.25, -0.2) is 4.98 Å². The van der Waals surface area contributed by atoms with Crippen LogP contribution in [0.15, 0.2) is 24.3 Å². The summed E-state index contributed by atoms with van der Waals surface area (Å²) in [7, 11) is 0. The molecule has 1 aliphatic heterocycles. The number of benzene rings is 1. The fourth-order valence-electron chi connectivity index (χ4n) is 3.55. The molecule has 2 aromatic rings. The molecule has 1 N–H and O–H groups in total. The molecule has 2 heterocycles. The molecule has 4 rings (SSSR count). The molecule has 25 heavy (non-hydrogen) atoms. The summed E-state index contributed by atoms with van der Waals surface area (Å²) in [6, 6.07) is 7.46. The van der Waals surface area contributed by atoms with Crippen molar-refractivity contribution in [1.29, 1.82) is 0 Å². The number of rotatable bonds is 3. The lowest BCUT2D eigenvalue weighted by molar-refractivity contribution is -0.131. The number of hydrogen-bond acceptors (Lipinski definition) is 4. The van der Waals surface area contributed by atoms with Gasteiger partial charge in [0.1, 0.15) is 0 Å². The number of anilines is 1. The summed E-state index contributed by atoms with van der Waals surface area (Å²) in [5.41, 5.74) is 2.61. The van der Waals surface area contributed by atoms with Crippen molar-refractivity contribution < 1.29 is 9.59 Å². The van der Waals surface area contributed by atoms with E-state index < -0.39 is 0 Å². The summed E-state index contributed by atoms with van der Waals surface area (Å²) in [5.74, 6) is -0.0813. The average Bonchev–Trinajstić information content (AvgIpc) is 3.31. The van der Waals surface area contributed by atoms with E-state index in [1.807, 2.05) is 36.1 Å². The summed E-state index contributed by atoms with van der Waals surface area (Å²) >= 11 is 1.50. The average molecular weight is 355 g/mol. The molecule has 1 fully saturated rings. The Hall–Kier alpha value is -2.21. The van der Waals surface area contributed by atoms with Crippen molar-refractivity contribution in [2.45, 2.75) is 38.5 Å². The van der Waals surface area contributed by atoms with Crippen LogP contribution in [0.1, 0.15) is 51.7 Å². The van der Waals surface area contributed by atoms with Crippen molar-refractivity contribution in [3.63, 3.8) is 0 Å².